The molecule has 1 aliphatic rings. The highest BCUT2D eigenvalue weighted by molar-refractivity contribution is 5.43. The predicted octanol–water partition coefficient (Wildman–Crippen LogP) is 2.58. The van der Waals surface area contributed by atoms with Crippen LogP contribution in [0.5, 0.6) is 11.5 Å². The number of aliphatic hydroxyl groups is 1. The molecule has 0 spiro atoms. The van der Waals surface area contributed by atoms with E-state index in [2.05, 4.69) is 0 Å². The van der Waals surface area contributed by atoms with Crippen LogP contribution in [0.25, 0.3) is 0 Å². The molecule has 0 aromatic heterocycles. The summed E-state index contributed by atoms with van der Waals surface area (Å²) in [6.45, 7) is 0.255. The van der Waals surface area contributed by atoms with Crippen LogP contribution in [-0.4, -0.2) is 25.9 Å². The first-order chi connectivity index (χ1) is 8.30. The molecule has 3 heteroatoms. The molecule has 2 rings (SSSR count). The Labute approximate surface area is 102 Å². The zero-order valence-corrected chi connectivity index (χ0v) is 10.5. The predicted molar refractivity (Wildman–Crippen MR) is 66.7 cm³/mol. The van der Waals surface area contributed by atoms with Crippen LogP contribution in [0, 0.1) is 5.92 Å². The molecule has 0 aliphatic heterocycles. The van der Waals surface area contributed by atoms with Crippen LogP contribution in [-0.2, 0) is 0 Å². The third kappa shape index (κ3) is 2.39. The molecule has 17 heavy (non-hydrogen) atoms. The minimum atomic E-state index is 0.255. The Kier molecular flexibility index (Phi) is 3.89. The van der Waals surface area contributed by atoms with Crippen LogP contribution in [0.1, 0.15) is 30.7 Å². The second kappa shape index (κ2) is 5.41. The van der Waals surface area contributed by atoms with Gasteiger partial charge in [0.1, 0.15) is 11.5 Å². The van der Waals surface area contributed by atoms with Gasteiger partial charge in [0, 0.05) is 12.2 Å². The summed E-state index contributed by atoms with van der Waals surface area (Å²) in [7, 11) is 3.36. The number of ether oxygens (including phenoxy) is 2. The van der Waals surface area contributed by atoms with Gasteiger partial charge in [-0.15, -0.1) is 0 Å². The summed E-state index contributed by atoms with van der Waals surface area (Å²) in [6.07, 6.45) is 3.40. The highest BCUT2D eigenvalue weighted by Crippen LogP contribution is 2.43. The highest BCUT2D eigenvalue weighted by Gasteiger charge is 2.30. The van der Waals surface area contributed by atoms with E-state index in [4.69, 9.17) is 9.47 Å². The Bertz CT molecular complexity index is 376. The summed E-state index contributed by atoms with van der Waals surface area (Å²) in [5.41, 5.74) is 1.17. The first-order valence-electron chi connectivity index (χ1n) is 6.13. The Morgan fingerprint density at radius 3 is 2.71 bits per heavy atom. The van der Waals surface area contributed by atoms with Gasteiger partial charge in [0.15, 0.2) is 0 Å². The summed E-state index contributed by atoms with van der Waals surface area (Å²) >= 11 is 0. The topological polar surface area (TPSA) is 38.7 Å². The van der Waals surface area contributed by atoms with E-state index in [0.717, 1.165) is 24.3 Å². The molecule has 0 bridgehead atoms. The van der Waals surface area contributed by atoms with E-state index in [1.165, 1.54) is 12.0 Å². The fourth-order valence-corrected chi connectivity index (χ4v) is 2.79. The van der Waals surface area contributed by atoms with Gasteiger partial charge >= 0.3 is 0 Å². The van der Waals surface area contributed by atoms with Crippen molar-refractivity contribution in [3.63, 3.8) is 0 Å². The normalized spacial score (nSPS) is 23.7. The molecule has 3 nitrogen and oxygen atoms in total. The fraction of sp³-hybridized carbons (Fsp3) is 0.571. The third-order valence-electron chi connectivity index (χ3n) is 3.73. The van der Waals surface area contributed by atoms with Crippen LogP contribution in [0.4, 0.5) is 0 Å². The monoisotopic (exact) mass is 236 g/mol. The maximum atomic E-state index is 9.42. The molecule has 0 saturated heterocycles. The molecule has 1 N–H and O–H groups in total. The lowest BCUT2D eigenvalue weighted by molar-refractivity contribution is 0.216. The summed E-state index contributed by atoms with van der Waals surface area (Å²) in [5, 5.41) is 9.42. The molecule has 1 aromatic carbocycles. The van der Waals surface area contributed by atoms with Gasteiger partial charge in [0.2, 0.25) is 0 Å². The summed E-state index contributed by atoms with van der Waals surface area (Å²) in [6, 6.07) is 5.89. The summed E-state index contributed by atoms with van der Waals surface area (Å²) < 4.78 is 10.7. The minimum Gasteiger partial charge on any atom is -0.497 e. The Balaban J connectivity index is 2.34. The molecule has 0 amide bonds. The number of hydrogen-bond acceptors (Lipinski definition) is 3. The van der Waals surface area contributed by atoms with Gasteiger partial charge in [0.05, 0.1) is 14.2 Å². The molecule has 94 valence electrons. The standard InChI is InChI=1S/C14H20O3/c1-16-11-6-7-14(17-2)13(8-11)12-5-3-4-10(12)9-15/h6-8,10,12,15H,3-5,9H2,1-2H3/t10-,12-/m1/s1. The molecule has 1 aromatic rings. The van der Waals surface area contributed by atoms with Crippen molar-refractivity contribution in [1.29, 1.82) is 0 Å². The van der Waals surface area contributed by atoms with Gasteiger partial charge in [-0.25, -0.2) is 0 Å². The lowest BCUT2D eigenvalue weighted by Gasteiger charge is -2.21. The van der Waals surface area contributed by atoms with Gasteiger partial charge in [-0.3, -0.25) is 0 Å². The van der Waals surface area contributed by atoms with Crippen LogP contribution in [0.15, 0.2) is 18.2 Å². The average Bonchev–Trinajstić information content (AvgIpc) is 2.86. The van der Waals surface area contributed by atoms with Crippen molar-refractivity contribution in [3.05, 3.63) is 23.8 Å². The van der Waals surface area contributed by atoms with Crippen molar-refractivity contribution in [2.75, 3.05) is 20.8 Å². The second-order valence-electron chi connectivity index (χ2n) is 4.59. The molecule has 1 fully saturated rings. The Morgan fingerprint density at radius 1 is 1.24 bits per heavy atom. The SMILES string of the molecule is COc1ccc(OC)c([C@@H]2CCC[C@@H]2CO)c1. The molecule has 2 atom stereocenters. The van der Waals surface area contributed by atoms with Crippen LogP contribution in [0.3, 0.4) is 0 Å². The lowest BCUT2D eigenvalue weighted by atomic mass is 9.88. The van der Waals surface area contributed by atoms with Crippen molar-refractivity contribution < 1.29 is 14.6 Å². The van der Waals surface area contributed by atoms with Gasteiger partial charge < -0.3 is 14.6 Å². The Morgan fingerprint density at radius 2 is 2.06 bits per heavy atom. The summed E-state index contributed by atoms with van der Waals surface area (Å²) in [4.78, 5) is 0. The first-order valence-corrected chi connectivity index (χ1v) is 6.13. The molecule has 1 saturated carbocycles. The summed E-state index contributed by atoms with van der Waals surface area (Å²) in [5.74, 6) is 2.50. The number of rotatable bonds is 4. The Hall–Kier alpha value is -1.22. The third-order valence-corrected chi connectivity index (χ3v) is 3.73. The van der Waals surface area contributed by atoms with Crippen molar-refractivity contribution in [2.45, 2.75) is 25.2 Å². The van der Waals surface area contributed by atoms with E-state index in [-0.39, 0.29) is 6.61 Å². The number of benzene rings is 1. The van der Waals surface area contributed by atoms with Crippen molar-refractivity contribution in [2.24, 2.45) is 5.92 Å². The average molecular weight is 236 g/mol. The van der Waals surface area contributed by atoms with E-state index in [9.17, 15) is 5.11 Å². The zero-order valence-electron chi connectivity index (χ0n) is 10.5. The van der Waals surface area contributed by atoms with E-state index in [1.54, 1.807) is 14.2 Å². The van der Waals surface area contributed by atoms with Gasteiger partial charge in [0.25, 0.3) is 0 Å². The molecule has 0 heterocycles. The quantitative estimate of drug-likeness (QED) is 0.873. The van der Waals surface area contributed by atoms with Crippen molar-refractivity contribution >= 4 is 0 Å². The van der Waals surface area contributed by atoms with E-state index in [0.29, 0.717) is 11.8 Å². The largest absolute Gasteiger partial charge is 0.497 e. The van der Waals surface area contributed by atoms with Crippen molar-refractivity contribution in [1.82, 2.24) is 0 Å². The molecular formula is C14H20O3. The van der Waals surface area contributed by atoms with E-state index < -0.39 is 0 Å². The molecule has 0 radical (unpaired) electrons. The maximum Gasteiger partial charge on any atom is 0.122 e. The zero-order chi connectivity index (χ0) is 12.3. The van der Waals surface area contributed by atoms with Crippen LogP contribution in [0.2, 0.25) is 0 Å². The van der Waals surface area contributed by atoms with Gasteiger partial charge in [-0.05, 0) is 42.9 Å². The highest BCUT2D eigenvalue weighted by atomic mass is 16.5. The molecule has 1 aliphatic carbocycles. The number of methoxy groups -OCH3 is 2. The van der Waals surface area contributed by atoms with Gasteiger partial charge in [-0.2, -0.15) is 0 Å². The van der Waals surface area contributed by atoms with Gasteiger partial charge in [-0.1, -0.05) is 6.42 Å². The van der Waals surface area contributed by atoms with Crippen molar-refractivity contribution in [3.8, 4) is 11.5 Å². The second-order valence-corrected chi connectivity index (χ2v) is 4.59. The molecule has 0 unspecified atom stereocenters. The van der Waals surface area contributed by atoms with E-state index >= 15 is 0 Å². The number of aliphatic hydroxyl groups excluding tert-OH is 1. The van der Waals surface area contributed by atoms with Crippen LogP contribution < -0.4 is 9.47 Å². The maximum absolute atomic E-state index is 9.42. The first kappa shape index (κ1) is 12.2. The van der Waals surface area contributed by atoms with E-state index in [1.807, 2.05) is 18.2 Å². The van der Waals surface area contributed by atoms with Crippen LogP contribution >= 0.6 is 0 Å². The molecular weight excluding hydrogens is 216 g/mol. The fourth-order valence-electron chi connectivity index (χ4n) is 2.79. The lowest BCUT2D eigenvalue weighted by Crippen LogP contribution is -2.11. The number of hydrogen-bond donors (Lipinski definition) is 1. The smallest absolute Gasteiger partial charge is 0.122 e. The minimum absolute atomic E-state index is 0.255.